The number of nitrogens with two attached hydrogens (primary N) is 1. The first-order valence-electron chi connectivity index (χ1n) is 6.83. The maximum Gasteiger partial charge on any atom is 0.251 e. The average Bonchev–Trinajstić information content (AvgIpc) is 2.42. The second-order valence-electron chi connectivity index (χ2n) is 5.78. The number of hydrogen-bond acceptors (Lipinski definition) is 3. The van der Waals surface area contributed by atoms with Crippen molar-refractivity contribution in [2.75, 3.05) is 25.5 Å². The third kappa shape index (κ3) is 3.28. The van der Waals surface area contributed by atoms with Gasteiger partial charge in [-0.3, -0.25) is 4.79 Å². The molecule has 20 heavy (non-hydrogen) atoms. The average molecular weight is 280 g/mol. The summed E-state index contributed by atoms with van der Waals surface area (Å²) >= 11 is 0. The Hall–Kier alpha value is -1.62. The zero-order valence-electron chi connectivity index (χ0n) is 12.0. The Morgan fingerprint density at radius 1 is 1.45 bits per heavy atom. The molecule has 0 unspecified atom stereocenters. The number of nitrogen functional groups attached to an aromatic ring is 1. The van der Waals surface area contributed by atoms with Crippen LogP contribution in [0.3, 0.4) is 0 Å². The zero-order valence-corrected chi connectivity index (χ0v) is 12.0. The van der Waals surface area contributed by atoms with Crippen LogP contribution in [0.5, 0.6) is 0 Å². The fraction of sp³-hybridized carbons (Fsp3) is 0.533. The van der Waals surface area contributed by atoms with E-state index >= 15 is 0 Å². The van der Waals surface area contributed by atoms with Crippen LogP contribution < -0.4 is 11.1 Å². The molecule has 5 heteroatoms. The molecule has 4 nitrogen and oxygen atoms in total. The number of rotatable bonds is 3. The van der Waals surface area contributed by atoms with Gasteiger partial charge >= 0.3 is 0 Å². The topological polar surface area (TPSA) is 64.4 Å². The molecule has 0 aromatic heterocycles. The smallest absolute Gasteiger partial charge is 0.251 e. The standard InChI is InChI=1S/C15H21FN2O2/c1-10-12(16)7-11(8-13(10)17)14(19)18-9-15(2)3-5-20-6-4-15/h7-8H,3-6,9,17H2,1-2H3,(H,18,19). The number of nitrogens with one attached hydrogen (secondary N) is 1. The highest BCUT2D eigenvalue weighted by molar-refractivity contribution is 5.95. The van der Waals surface area contributed by atoms with Gasteiger partial charge in [0, 0.05) is 36.6 Å². The lowest BCUT2D eigenvalue weighted by Gasteiger charge is -2.33. The lowest BCUT2D eigenvalue weighted by atomic mass is 9.82. The Labute approximate surface area is 118 Å². The summed E-state index contributed by atoms with van der Waals surface area (Å²) in [7, 11) is 0. The molecule has 1 saturated heterocycles. The van der Waals surface area contributed by atoms with Gasteiger partial charge in [-0.05, 0) is 37.3 Å². The molecule has 0 radical (unpaired) electrons. The Kier molecular flexibility index (Phi) is 4.28. The van der Waals surface area contributed by atoms with Gasteiger partial charge in [0.15, 0.2) is 0 Å². The normalized spacial score (nSPS) is 17.8. The van der Waals surface area contributed by atoms with E-state index in [1.807, 2.05) is 0 Å². The molecular weight excluding hydrogens is 259 g/mol. The highest BCUT2D eigenvalue weighted by Crippen LogP contribution is 2.28. The van der Waals surface area contributed by atoms with E-state index in [4.69, 9.17) is 10.5 Å². The highest BCUT2D eigenvalue weighted by Gasteiger charge is 2.28. The number of halogens is 1. The number of ether oxygens (including phenoxy) is 1. The van der Waals surface area contributed by atoms with Crippen molar-refractivity contribution < 1.29 is 13.9 Å². The summed E-state index contributed by atoms with van der Waals surface area (Å²) in [5.74, 6) is -0.740. The molecule has 0 aliphatic carbocycles. The number of amides is 1. The molecule has 1 aromatic carbocycles. The van der Waals surface area contributed by atoms with Gasteiger partial charge in [-0.1, -0.05) is 6.92 Å². The van der Waals surface area contributed by atoms with Crippen LogP contribution in [0.1, 0.15) is 35.7 Å². The second-order valence-corrected chi connectivity index (χ2v) is 5.78. The molecule has 110 valence electrons. The first-order valence-corrected chi connectivity index (χ1v) is 6.83. The van der Waals surface area contributed by atoms with E-state index in [1.54, 1.807) is 6.92 Å². The van der Waals surface area contributed by atoms with E-state index in [1.165, 1.54) is 12.1 Å². The number of hydrogen-bond donors (Lipinski definition) is 2. The molecular formula is C15H21FN2O2. The van der Waals surface area contributed by atoms with Crippen LogP contribution in [0.25, 0.3) is 0 Å². The fourth-order valence-corrected chi connectivity index (χ4v) is 2.27. The monoisotopic (exact) mass is 280 g/mol. The van der Waals surface area contributed by atoms with Crippen LogP contribution in [-0.4, -0.2) is 25.7 Å². The summed E-state index contributed by atoms with van der Waals surface area (Å²) in [6, 6.07) is 2.74. The van der Waals surface area contributed by atoms with Crippen LogP contribution in [0.15, 0.2) is 12.1 Å². The Balaban J connectivity index is 2.01. The molecule has 0 spiro atoms. The van der Waals surface area contributed by atoms with Crippen molar-refractivity contribution in [2.24, 2.45) is 5.41 Å². The van der Waals surface area contributed by atoms with Crippen LogP contribution in [-0.2, 0) is 4.74 Å². The van der Waals surface area contributed by atoms with Gasteiger partial charge in [0.1, 0.15) is 5.82 Å². The molecule has 1 heterocycles. The lowest BCUT2D eigenvalue weighted by molar-refractivity contribution is 0.0238. The number of carbonyl (C=O) groups is 1. The number of benzene rings is 1. The maximum absolute atomic E-state index is 13.6. The maximum atomic E-state index is 13.6. The van der Waals surface area contributed by atoms with Crippen molar-refractivity contribution in [1.29, 1.82) is 0 Å². The largest absolute Gasteiger partial charge is 0.398 e. The third-order valence-corrected chi connectivity index (χ3v) is 4.02. The molecule has 0 bridgehead atoms. The van der Waals surface area contributed by atoms with Gasteiger partial charge < -0.3 is 15.8 Å². The van der Waals surface area contributed by atoms with E-state index in [9.17, 15) is 9.18 Å². The summed E-state index contributed by atoms with van der Waals surface area (Å²) in [4.78, 5) is 12.1. The quantitative estimate of drug-likeness (QED) is 0.835. The molecule has 1 aliphatic heterocycles. The zero-order chi connectivity index (χ0) is 14.8. The number of carbonyl (C=O) groups excluding carboxylic acids is 1. The molecule has 3 N–H and O–H groups in total. The first kappa shape index (κ1) is 14.8. The van der Waals surface area contributed by atoms with Gasteiger partial charge in [0.2, 0.25) is 0 Å². The molecule has 1 aliphatic rings. The molecule has 2 rings (SSSR count). The predicted molar refractivity (Wildman–Crippen MR) is 76.0 cm³/mol. The molecule has 0 saturated carbocycles. The van der Waals surface area contributed by atoms with Gasteiger partial charge in [0.05, 0.1) is 0 Å². The van der Waals surface area contributed by atoms with E-state index in [0.29, 0.717) is 17.8 Å². The van der Waals surface area contributed by atoms with E-state index in [2.05, 4.69) is 12.2 Å². The Morgan fingerprint density at radius 3 is 2.70 bits per heavy atom. The summed E-state index contributed by atoms with van der Waals surface area (Å²) < 4.78 is 18.9. The molecule has 1 fully saturated rings. The lowest BCUT2D eigenvalue weighted by Crippen LogP contribution is -2.39. The van der Waals surface area contributed by atoms with Crippen molar-refractivity contribution >= 4 is 11.6 Å². The minimum atomic E-state index is -0.451. The van der Waals surface area contributed by atoms with Crippen molar-refractivity contribution in [3.8, 4) is 0 Å². The summed E-state index contributed by atoms with van der Waals surface area (Å²) in [6.07, 6.45) is 1.83. The van der Waals surface area contributed by atoms with Gasteiger partial charge in [-0.25, -0.2) is 4.39 Å². The van der Waals surface area contributed by atoms with Crippen LogP contribution >= 0.6 is 0 Å². The summed E-state index contributed by atoms with van der Waals surface area (Å²) in [5.41, 5.74) is 6.67. The Bertz CT molecular complexity index is 488. The SMILES string of the molecule is Cc1c(N)cc(C(=O)NCC2(C)CCOCC2)cc1F. The van der Waals surface area contributed by atoms with Crippen molar-refractivity contribution in [3.63, 3.8) is 0 Å². The summed E-state index contributed by atoms with van der Waals surface area (Å²) in [6.45, 7) is 5.72. The van der Waals surface area contributed by atoms with Crippen LogP contribution in [0.4, 0.5) is 10.1 Å². The van der Waals surface area contributed by atoms with E-state index < -0.39 is 5.82 Å². The van der Waals surface area contributed by atoms with E-state index in [0.717, 1.165) is 26.1 Å². The minimum Gasteiger partial charge on any atom is -0.398 e. The van der Waals surface area contributed by atoms with Crippen LogP contribution in [0, 0.1) is 18.2 Å². The van der Waals surface area contributed by atoms with Gasteiger partial charge in [0.25, 0.3) is 5.91 Å². The number of anilines is 1. The minimum absolute atomic E-state index is 0.0443. The van der Waals surface area contributed by atoms with E-state index in [-0.39, 0.29) is 16.9 Å². The predicted octanol–water partition coefficient (Wildman–Crippen LogP) is 2.26. The first-order chi connectivity index (χ1) is 9.41. The highest BCUT2D eigenvalue weighted by atomic mass is 19.1. The van der Waals surface area contributed by atoms with Crippen molar-refractivity contribution in [2.45, 2.75) is 26.7 Å². The fourth-order valence-electron chi connectivity index (χ4n) is 2.27. The second kappa shape index (κ2) is 5.79. The molecule has 1 amide bonds. The Morgan fingerprint density at radius 2 is 2.10 bits per heavy atom. The van der Waals surface area contributed by atoms with Gasteiger partial charge in [-0.15, -0.1) is 0 Å². The molecule has 1 aromatic rings. The van der Waals surface area contributed by atoms with Gasteiger partial charge in [-0.2, -0.15) is 0 Å². The van der Waals surface area contributed by atoms with Crippen LogP contribution in [0.2, 0.25) is 0 Å². The molecule has 0 atom stereocenters. The van der Waals surface area contributed by atoms with Crippen molar-refractivity contribution in [1.82, 2.24) is 5.32 Å². The third-order valence-electron chi connectivity index (χ3n) is 4.02. The van der Waals surface area contributed by atoms with Crippen molar-refractivity contribution in [3.05, 3.63) is 29.1 Å². The summed E-state index contributed by atoms with van der Waals surface area (Å²) in [5, 5.41) is 2.87.